The molecule has 1 aromatic rings. The fraction of sp³-hybridized carbons (Fsp3) is 0.417. The average molecular weight is 299 g/mol. The van der Waals surface area contributed by atoms with Gasteiger partial charge in [0.1, 0.15) is 5.82 Å². The predicted octanol–water partition coefficient (Wildman–Crippen LogP) is 4.08. The van der Waals surface area contributed by atoms with Crippen LogP contribution in [0.2, 0.25) is 5.02 Å². The zero-order chi connectivity index (χ0) is 14.6. The standard InChI is InChI=1S/C12H11ClF4O2/c1-2-19-11(18)9(6-12(15,16)17)8-4-3-7(13)5-10(8)14/h3-5,9H,2,6H2,1H3. The molecule has 0 spiro atoms. The van der Waals surface area contributed by atoms with Gasteiger partial charge in [0, 0.05) is 10.6 Å². The Bertz CT molecular complexity index is 460. The molecule has 1 aromatic carbocycles. The number of ether oxygens (including phenoxy) is 1. The Morgan fingerprint density at radius 3 is 2.53 bits per heavy atom. The Balaban J connectivity index is 3.11. The molecule has 0 saturated carbocycles. The minimum absolute atomic E-state index is 0.0378. The molecule has 19 heavy (non-hydrogen) atoms. The summed E-state index contributed by atoms with van der Waals surface area (Å²) in [6, 6.07) is 3.15. The summed E-state index contributed by atoms with van der Waals surface area (Å²) in [7, 11) is 0. The predicted molar refractivity (Wildman–Crippen MR) is 61.5 cm³/mol. The zero-order valence-electron chi connectivity index (χ0n) is 9.93. The van der Waals surface area contributed by atoms with Crippen molar-refractivity contribution in [1.82, 2.24) is 0 Å². The summed E-state index contributed by atoms with van der Waals surface area (Å²) in [6.07, 6.45) is -6.09. The molecule has 2 nitrogen and oxygen atoms in total. The van der Waals surface area contributed by atoms with E-state index in [1.165, 1.54) is 13.0 Å². The Hall–Kier alpha value is -1.30. The number of rotatable bonds is 4. The summed E-state index contributed by atoms with van der Waals surface area (Å²) in [6.45, 7) is 1.38. The molecule has 106 valence electrons. The molecule has 1 atom stereocenters. The number of esters is 1. The van der Waals surface area contributed by atoms with Crippen LogP contribution in [0.5, 0.6) is 0 Å². The van der Waals surface area contributed by atoms with Crippen molar-refractivity contribution < 1.29 is 27.1 Å². The van der Waals surface area contributed by atoms with Gasteiger partial charge in [-0.05, 0) is 19.1 Å². The summed E-state index contributed by atoms with van der Waals surface area (Å²) in [5.74, 6) is -3.80. The summed E-state index contributed by atoms with van der Waals surface area (Å²) < 4.78 is 55.5. The monoisotopic (exact) mass is 298 g/mol. The quantitative estimate of drug-likeness (QED) is 0.618. The van der Waals surface area contributed by atoms with Crippen molar-refractivity contribution in [2.45, 2.75) is 25.4 Å². The third-order valence-corrected chi connectivity index (χ3v) is 2.58. The molecule has 0 aromatic heterocycles. The first-order valence-corrected chi connectivity index (χ1v) is 5.80. The molecule has 0 aliphatic carbocycles. The van der Waals surface area contributed by atoms with Gasteiger partial charge in [-0.15, -0.1) is 0 Å². The van der Waals surface area contributed by atoms with Crippen LogP contribution < -0.4 is 0 Å². The van der Waals surface area contributed by atoms with Crippen LogP contribution >= 0.6 is 11.6 Å². The van der Waals surface area contributed by atoms with Crippen molar-refractivity contribution in [2.75, 3.05) is 6.61 Å². The molecule has 0 heterocycles. The van der Waals surface area contributed by atoms with Gasteiger partial charge < -0.3 is 4.74 Å². The van der Waals surface area contributed by atoms with Crippen molar-refractivity contribution >= 4 is 17.6 Å². The van der Waals surface area contributed by atoms with Crippen molar-refractivity contribution in [3.05, 3.63) is 34.6 Å². The highest BCUT2D eigenvalue weighted by molar-refractivity contribution is 6.30. The minimum atomic E-state index is -4.61. The molecule has 0 N–H and O–H groups in total. The van der Waals surface area contributed by atoms with Gasteiger partial charge in [-0.25, -0.2) is 4.39 Å². The van der Waals surface area contributed by atoms with Crippen LogP contribution in [0.1, 0.15) is 24.8 Å². The van der Waals surface area contributed by atoms with Gasteiger partial charge in [-0.3, -0.25) is 4.79 Å². The first-order chi connectivity index (χ1) is 8.74. The lowest BCUT2D eigenvalue weighted by molar-refractivity contribution is -0.161. The summed E-state index contributed by atoms with van der Waals surface area (Å²) >= 11 is 5.52. The molecule has 0 radical (unpaired) electrons. The Morgan fingerprint density at radius 1 is 1.42 bits per heavy atom. The van der Waals surface area contributed by atoms with E-state index in [0.29, 0.717) is 0 Å². The van der Waals surface area contributed by atoms with Crippen LogP contribution in [0, 0.1) is 5.82 Å². The lowest BCUT2D eigenvalue weighted by Crippen LogP contribution is -2.23. The van der Waals surface area contributed by atoms with E-state index >= 15 is 0 Å². The highest BCUT2D eigenvalue weighted by Crippen LogP contribution is 2.34. The molecule has 0 fully saturated rings. The highest BCUT2D eigenvalue weighted by atomic mass is 35.5. The van der Waals surface area contributed by atoms with Crippen LogP contribution in [0.4, 0.5) is 17.6 Å². The van der Waals surface area contributed by atoms with Crippen LogP contribution in [0.25, 0.3) is 0 Å². The van der Waals surface area contributed by atoms with Gasteiger partial charge in [0.2, 0.25) is 0 Å². The van der Waals surface area contributed by atoms with Crippen LogP contribution in [0.3, 0.4) is 0 Å². The maximum Gasteiger partial charge on any atom is 0.390 e. The number of hydrogen-bond donors (Lipinski definition) is 0. The molecule has 0 amide bonds. The highest BCUT2D eigenvalue weighted by Gasteiger charge is 2.38. The summed E-state index contributed by atoms with van der Waals surface area (Å²) in [5, 5.41) is 0.0378. The summed E-state index contributed by atoms with van der Waals surface area (Å²) in [5.41, 5.74) is -0.375. The molecule has 0 aliphatic rings. The topological polar surface area (TPSA) is 26.3 Å². The molecule has 0 bridgehead atoms. The van der Waals surface area contributed by atoms with E-state index in [4.69, 9.17) is 11.6 Å². The molecular weight excluding hydrogens is 288 g/mol. The maximum atomic E-state index is 13.6. The van der Waals surface area contributed by atoms with E-state index in [9.17, 15) is 22.4 Å². The third-order valence-electron chi connectivity index (χ3n) is 2.34. The largest absolute Gasteiger partial charge is 0.466 e. The van der Waals surface area contributed by atoms with Gasteiger partial charge in [0.05, 0.1) is 18.9 Å². The van der Waals surface area contributed by atoms with Crippen molar-refractivity contribution in [2.24, 2.45) is 0 Å². The molecule has 0 aliphatic heterocycles. The smallest absolute Gasteiger partial charge is 0.390 e. The fourth-order valence-corrected chi connectivity index (χ4v) is 1.74. The minimum Gasteiger partial charge on any atom is -0.466 e. The lowest BCUT2D eigenvalue weighted by Gasteiger charge is -2.18. The average Bonchev–Trinajstić information content (AvgIpc) is 2.25. The second kappa shape index (κ2) is 6.23. The maximum absolute atomic E-state index is 13.6. The normalized spacial score (nSPS) is 13.2. The van der Waals surface area contributed by atoms with Crippen molar-refractivity contribution in [3.63, 3.8) is 0 Å². The van der Waals surface area contributed by atoms with E-state index in [-0.39, 0.29) is 17.2 Å². The van der Waals surface area contributed by atoms with Crippen molar-refractivity contribution in [1.29, 1.82) is 0 Å². The van der Waals surface area contributed by atoms with Gasteiger partial charge in [-0.1, -0.05) is 17.7 Å². The number of carbonyl (C=O) groups excluding carboxylic acids is 1. The number of alkyl halides is 3. The Labute approximate surface area is 112 Å². The van der Waals surface area contributed by atoms with Crippen LogP contribution in [-0.4, -0.2) is 18.8 Å². The molecular formula is C12H11ClF4O2. The second-order valence-electron chi connectivity index (χ2n) is 3.79. The summed E-state index contributed by atoms with van der Waals surface area (Å²) in [4.78, 5) is 11.5. The molecule has 0 saturated heterocycles. The van der Waals surface area contributed by atoms with E-state index in [1.54, 1.807) is 0 Å². The van der Waals surface area contributed by atoms with Crippen LogP contribution in [0.15, 0.2) is 18.2 Å². The second-order valence-corrected chi connectivity index (χ2v) is 4.23. The van der Waals surface area contributed by atoms with Gasteiger partial charge in [0.25, 0.3) is 0 Å². The fourth-order valence-electron chi connectivity index (χ4n) is 1.58. The van der Waals surface area contributed by atoms with E-state index < -0.39 is 30.3 Å². The Kier molecular flexibility index (Phi) is 5.17. The van der Waals surface area contributed by atoms with Crippen molar-refractivity contribution in [3.8, 4) is 0 Å². The number of carbonyl (C=O) groups is 1. The van der Waals surface area contributed by atoms with Gasteiger partial charge >= 0.3 is 12.1 Å². The van der Waals surface area contributed by atoms with Crippen LogP contribution in [-0.2, 0) is 9.53 Å². The molecule has 1 unspecified atom stereocenters. The third kappa shape index (κ3) is 4.70. The SMILES string of the molecule is CCOC(=O)C(CC(F)(F)F)c1ccc(Cl)cc1F. The molecule has 1 rings (SSSR count). The van der Waals surface area contributed by atoms with Gasteiger partial charge in [-0.2, -0.15) is 13.2 Å². The van der Waals surface area contributed by atoms with E-state index in [0.717, 1.165) is 12.1 Å². The Morgan fingerprint density at radius 2 is 2.05 bits per heavy atom. The van der Waals surface area contributed by atoms with E-state index in [1.807, 2.05) is 0 Å². The number of hydrogen-bond acceptors (Lipinski definition) is 2. The lowest BCUT2D eigenvalue weighted by atomic mass is 9.95. The zero-order valence-corrected chi connectivity index (χ0v) is 10.7. The van der Waals surface area contributed by atoms with Gasteiger partial charge in [0.15, 0.2) is 0 Å². The number of benzene rings is 1. The number of halogens is 5. The van der Waals surface area contributed by atoms with E-state index in [2.05, 4.69) is 4.74 Å². The first-order valence-electron chi connectivity index (χ1n) is 5.43. The first kappa shape index (κ1) is 15.8. The molecule has 7 heteroatoms.